The van der Waals surface area contributed by atoms with Crippen LogP contribution >= 0.6 is 0 Å². The zero-order valence-electron chi connectivity index (χ0n) is 15.3. The Balaban J connectivity index is 1.68. The molecule has 0 amide bonds. The van der Waals surface area contributed by atoms with Crippen molar-refractivity contribution in [2.75, 3.05) is 7.11 Å². The second kappa shape index (κ2) is 5.26. The first-order valence-corrected chi connectivity index (χ1v) is 9.69. The summed E-state index contributed by atoms with van der Waals surface area (Å²) in [5.41, 5.74) is 4.36. The van der Waals surface area contributed by atoms with Gasteiger partial charge in [-0.05, 0) is 90.4 Å². The molecule has 23 heavy (non-hydrogen) atoms. The molecule has 1 aromatic carbocycles. The third-order valence-corrected chi connectivity index (χ3v) is 8.49. The van der Waals surface area contributed by atoms with Gasteiger partial charge >= 0.3 is 0 Å². The van der Waals surface area contributed by atoms with Crippen molar-refractivity contribution in [3.63, 3.8) is 0 Å². The molecule has 0 spiro atoms. The van der Waals surface area contributed by atoms with Crippen LogP contribution in [0, 0.1) is 22.7 Å². The maximum atomic E-state index is 5.44. The maximum absolute atomic E-state index is 5.44. The average molecular weight is 312 g/mol. The number of benzene rings is 1. The van der Waals surface area contributed by atoms with Crippen LogP contribution in [0.25, 0.3) is 0 Å². The lowest BCUT2D eigenvalue weighted by Gasteiger charge is -2.54. The van der Waals surface area contributed by atoms with Crippen molar-refractivity contribution in [1.29, 1.82) is 0 Å². The van der Waals surface area contributed by atoms with Gasteiger partial charge in [0.2, 0.25) is 0 Å². The lowest BCUT2D eigenvalue weighted by molar-refractivity contribution is -0.0197. The summed E-state index contributed by atoms with van der Waals surface area (Å²) in [6.07, 6.45) is 9.73. The van der Waals surface area contributed by atoms with E-state index in [-0.39, 0.29) is 0 Å². The fourth-order valence-corrected chi connectivity index (χ4v) is 6.63. The Morgan fingerprint density at radius 2 is 1.96 bits per heavy atom. The summed E-state index contributed by atoms with van der Waals surface area (Å²) < 4.78 is 5.44. The van der Waals surface area contributed by atoms with Gasteiger partial charge in [0.05, 0.1) is 7.11 Å². The minimum atomic E-state index is 0.572. The summed E-state index contributed by atoms with van der Waals surface area (Å²) in [5, 5.41) is 0. The Hall–Kier alpha value is -0.980. The predicted molar refractivity (Wildman–Crippen MR) is 96.0 cm³/mol. The second-order valence-electron chi connectivity index (χ2n) is 8.89. The van der Waals surface area contributed by atoms with E-state index < -0.39 is 0 Å². The molecule has 2 fully saturated rings. The molecule has 0 unspecified atom stereocenters. The molecular weight excluding hydrogens is 280 g/mol. The lowest BCUT2D eigenvalue weighted by Crippen LogP contribution is -2.45. The molecule has 0 saturated heterocycles. The minimum Gasteiger partial charge on any atom is -0.497 e. The first-order valence-electron chi connectivity index (χ1n) is 9.69. The summed E-state index contributed by atoms with van der Waals surface area (Å²) in [6, 6.07) is 6.85. The van der Waals surface area contributed by atoms with Crippen LogP contribution in [0.2, 0.25) is 0 Å². The largest absolute Gasteiger partial charge is 0.497 e. The first-order chi connectivity index (χ1) is 11.0. The molecule has 0 heterocycles. The van der Waals surface area contributed by atoms with Crippen LogP contribution in [0.4, 0.5) is 0 Å². The highest BCUT2D eigenvalue weighted by Gasteiger charge is 2.58. The van der Waals surface area contributed by atoms with Crippen molar-refractivity contribution < 1.29 is 4.74 Å². The molecule has 126 valence electrons. The van der Waals surface area contributed by atoms with Crippen molar-refractivity contribution in [3.05, 3.63) is 29.3 Å². The fourth-order valence-electron chi connectivity index (χ4n) is 6.63. The van der Waals surface area contributed by atoms with Gasteiger partial charge in [-0.15, -0.1) is 0 Å². The molecular formula is C22H32O. The van der Waals surface area contributed by atoms with Crippen LogP contribution in [-0.2, 0) is 6.42 Å². The molecule has 3 aliphatic carbocycles. The summed E-state index contributed by atoms with van der Waals surface area (Å²) in [7, 11) is 1.78. The molecule has 1 aromatic rings. The molecule has 0 aromatic heterocycles. The van der Waals surface area contributed by atoms with Crippen LogP contribution in [0.3, 0.4) is 0 Å². The monoisotopic (exact) mass is 312 g/mol. The van der Waals surface area contributed by atoms with E-state index in [1.54, 1.807) is 18.2 Å². The van der Waals surface area contributed by atoms with Gasteiger partial charge in [-0.2, -0.15) is 0 Å². The van der Waals surface area contributed by atoms with Crippen molar-refractivity contribution in [2.24, 2.45) is 22.7 Å². The average Bonchev–Trinajstić information content (AvgIpc) is 2.86. The minimum absolute atomic E-state index is 0.572. The highest BCUT2D eigenvalue weighted by atomic mass is 16.5. The highest BCUT2D eigenvalue weighted by Crippen LogP contribution is 2.68. The Bertz CT molecular complexity index is 606. The quantitative estimate of drug-likeness (QED) is 0.654. The van der Waals surface area contributed by atoms with Crippen LogP contribution in [-0.4, -0.2) is 7.11 Å². The Labute approximate surface area is 141 Å². The van der Waals surface area contributed by atoms with Crippen molar-refractivity contribution in [3.8, 4) is 5.75 Å². The van der Waals surface area contributed by atoms with Gasteiger partial charge in [0.15, 0.2) is 0 Å². The molecule has 0 radical (unpaired) electrons. The van der Waals surface area contributed by atoms with Gasteiger partial charge in [-0.25, -0.2) is 0 Å². The highest BCUT2D eigenvalue weighted by molar-refractivity contribution is 5.40. The summed E-state index contributed by atoms with van der Waals surface area (Å²) in [6.45, 7) is 7.63. The maximum Gasteiger partial charge on any atom is 0.119 e. The lowest BCUT2D eigenvalue weighted by atomic mass is 9.50. The second-order valence-corrected chi connectivity index (χ2v) is 8.89. The van der Waals surface area contributed by atoms with E-state index in [1.165, 1.54) is 44.9 Å². The van der Waals surface area contributed by atoms with Crippen LogP contribution < -0.4 is 4.74 Å². The SMILES string of the molecule is CC[C@@]1(C)CC[C@H]2[C@@H]3CCc4cc(OC)ccc4[C@H]3CC[C@@]21C. The number of methoxy groups -OCH3 is 1. The predicted octanol–water partition coefficient (Wildman–Crippen LogP) is 5.97. The zero-order valence-corrected chi connectivity index (χ0v) is 15.3. The zero-order chi connectivity index (χ0) is 16.2. The molecule has 1 nitrogen and oxygen atoms in total. The molecule has 2 saturated carbocycles. The van der Waals surface area contributed by atoms with E-state index in [0.29, 0.717) is 10.8 Å². The van der Waals surface area contributed by atoms with Crippen LogP contribution in [0.5, 0.6) is 5.75 Å². The normalized spacial score (nSPS) is 41.8. The number of ether oxygens (including phenoxy) is 1. The number of rotatable bonds is 2. The molecule has 1 heteroatoms. The van der Waals surface area contributed by atoms with E-state index in [1.807, 2.05) is 0 Å². The number of hydrogen-bond donors (Lipinski definition) is 0. The third-order valence-electron chi connectivity index (χ3n) is 8.49. The van der Waals surface area contributed by atoms with E-state index in [2.05, 4.69) is 39.0 Å². The fraction of sp³-hybridized carbons (Fsp3) is 0.727. The van der Waals surface area contributed by atoms with Gasteiger partial charge in [0, 0.05) is 0 Å². The number of aryl methyl sites for hydroxylation is 1. The van der Waals surface area contributed by atoms with Gasteiger partial charge in [0.25, 0.3) is 0 Å². The molecule has 5 atom stereocenters. The van der Waals surface area contributed by atoms with Crippen molar-refractivity contribution in [2.45, 2.75) is 71.6 Å². The van der Waals surface area contributed by atoms with Gasteiger partial charge in [0.1, 0.15) is 5.75 Å². The summed E-state index contributed by atoms with van der Waals surface area (Å²) in [4.78, 5) is 0. The Morgan fingerprint density at radius 3 is 2.70 bits per heavy atom. The van der Waals surface area contributed by atoms with Crippen molar-refractivity contribution in [1.82, 2.24) is 0 Å². The van der Waals surface area contributed by atoms with Crippen LogP contribution in [0.1, 0.15) is 76.3 Å². The Kier molecular flexibility index (Phi) is 3.55. The molecule has 0 N–H and O–H groups in total. The summed E-state index contributed by atoms with van der Waals surface area (Å²) >= 11 is 0. The number of fused-ring (bicyclic) bond motifs is 5. The first kappa shape index (κ1) is 15.5. The molecule has 3 aliphatic rings. The van der Waals surface area contributed by atoms with Crippen LogP contribution in [0.15, 0.2) is 18.2 Å². The van der Waals surface area contributed by atoms with E-state index in [0.717, 1.165) is 23.5 Å². The van der Waals surface area contributed by atoms with E-state index in [9.17, 15) is 0 Å². The smallest absolute Gasteiger partial charge is 0.119 e. The Morgan fingerprint density at radius 1 is 1.13 bits per heavy atom. The topological polar surface area (TPSA) is 9.23 Å². The van der Waals surface area contributed by atoms with E-state index in [4.69, 9.17) is 4.74 Å². The standard InChI is InChI=1S/C22H32O/c1-5-21(2)12-11-20-19-8-6-15-14-16(23-4)7-9-17(15)18(19)10-13-22(20,21)3/h7,9,14,18-20H,5-6,8,10-13H2,1-4H3/t18-,19-,20+,21+,22+/m1/s1. The molecule has 0 bridgehead atoms. The third kappa shape index (κ3) is 2.04. The van der Waals surface area contributed by atoms with E-state index >= 15 is 0 Å². The number of hydrogen-bond acceptors (Lipinski definition) is 1. The van der Waals surface area contributed by atoms with Crippen molar-refractivity contribution >= 4 is 0 Å². The summed E-state index contributed by atoms with van der Waals surface area (Å²) in [5.74, 6) is 3.70. The molecule has 4 rings (SSSR count). The van der Waals surface area contributed by atoms with Gasteiger partial charge in [-0.3, -0.25) is 0 Å². The van der Waals surface area contributed by atoms with Gasteiger partial charge < -0.3 is 4.74 Å². The molecule has 0 aliphatic heterocycles. The van der Waals surface area contributed by atoms with Gasteiger partial charge in [-0.1, -0.05) is 33.3 Å².